The molecule has 3 heterocycles. The van der Waals surface area contributed by atoms with Gasteiger partial charge < -0.3 is 4.90 Å². The fourth-order valence-corrected chi connectivity index (χ4v) is 5.70. The van der Waals surface area contributed by atoms with Crippen molar-refractivity contribution >= 4 is 24.3 Å². The van der Waals surface area contributed by atoms with Crippen molar-refractivity contribution in [3.63, 3.8) is 0 Å². The number of fused-ring (bicyclic) bond motifs is 1. The summed E-state index contributed by atoms with van der Waals surface area (Å²) in [6.07, 6.45) is 6.38. The van der Waals surface area contributed by atoms with E-state index in [9.17, 15) is 4.79 Å². The van der Waals surface area contributed by atoms with Crippen LogP contribution in [0.3, 0.4) is 0 Å². The number of thioether (sulfide) groups is 1. The molecule has 1 radical (unpaired) electrons. The molecule has 18 heavy (non-hydrogen) atoms. The molecule has 4 atom stereocenters. The molecule has 2 bridgehead atoms. The number of rotatable bonds is 2. The molecule has 3 saturated heterocycles. The van der Waals surface area contributed by atoms with E-state index in [1.165, 1.54) is 32.1 Å². The van der Waals surface area contributed by atoms with Crippen LogP contribution in [-0.4, -0.2) is 34.8 Å². The Morgan fingerprint density at radius 3 is 2.89 bits per heavy atom. The normalized spacial score (nSPS) is 43.0. The Labute approximate surface area is 115 Å². The fourth-order valence-electron chi connectivity index (χ4n) is 4.21. The quantitative estimate of drug-likeness (QED) is 0.704. The van der Waals surface area contributed by atoms with Gasteiger partial charge in [-0.25, -0.2) is 0 Å². The van der Waals surface area contributed by atoms with Gasteiger partial charge in [0.25, 0.3) is 5.24 Å². The van der Waals surface area contributed by atoms with E-state index >= 15 is 0 Å². The third-order valence-corrected chi connectivity index (χ3v) is 6.46. The number of carbonyl (C=O) groups is 1. The second-order valence-electron chi connectivity index (χ2n) is 6.61. The summed E-state index contributed by atoms with van der Waals surface area (Å²) in [5.41, 5.74) is 0. The van der Waals surface area contributed by atoms with Crippen molar-refractivity contribution < 1.29 is 4.79 Å². The van der Waals surface area contributed by atoms with Crippen LogP contribution in [0.1, 0.15) is 52.9 Å². The summed E-state index contributed by atoms with van der Waals surface area (Å²) in [6.45, 7) is 6.63. The largest absolute Gasteiger partial charge is 0.327 e. The SMILES string of the molecule is CCC12[B]C(CC3SC(=O)N(C(C)C)C3CC1)C2. The van der Waals surface area contributed by atoms with Crippen molar-refractivity contribution in [2.24, 2.45) is 0 Å². The van der Waals surface area contributed by atoms with Crippen LogP contribution in [0.4, 0.5) is 4.79 Å². The van der Waals surface area contributed by atoms with E-state index in [1.54, 1.807) is 11.8 Å². The van der Waals surface area contributed by atoms with Crippen LogP contribution in [0.25, 0.3) is 0 Å². The van der Waals surface area contributed by atoms with Gasteiger partial charge in [0.1, 0.15) is 7.28 Å². The lowest BCUT2D eigenvalue weighted by atomic mass is 9.28. The third kappa shape index (κ3) is 1.91. The molecule has 3 aliphatic heterocycles. The molecule has 0 aromatic heterocycles. The van der Waals surface area contributed by atoms with Gasteiger partial charge in [0.2, 0.25) is 0 Å². The van der Waals surface area contributed by atoms with E-state index in [0.717, 1.165) is 5.82 Å². The molecule has 0 aromatic rings. The highest BCUT2D eigenvalue weighted by Gasteiger charge is 2.51. The molecular weight excluding hydrogens is 241 g/mol. The van der Waals surface area contributed by atoms with Crippen LogP contribution < -0.4 is 0 Å². The first-order chi connectivity index (χ1) is 8.54. The summed E-state index contributed by atoms with van der Waals surface area (Å²) < 4.78 is 0. The molecule has 1 aliphatic carbocycles. The van der Waals surface area contributed by atoms with Crippen molar-refractivity contribution in [1.82, 2.24) is 4.90 Å². The minimum atomic E-state index is 0.324. The van der Waals surface area contributed by atoms with E-state index < -0.39 is 0 Å². The second-order valence-corrected chi connectivity index (χ2v) is 7.80. The Bertz CT molecular complexity index is 354. The maximum absolute atomic E-state index is 12.2. The van der Waals surface area contributed by atoms with E-state index in [4.69, 9.17) is 0 Å². The molecule has 4 aliphatic rings. The lowest BCUT2D eigenvalue weighted by molar-refractivity contribution is 0.163. The summed E-state index contributed by atoms with van der Waals surface area (Å²) in [5.74, 6) is 0.783. The molecule has 0 N–H and O–H groups in total. The zero-order chi connectivity index (χ0) is 12.9. The zero-order valence-electron chi connectivity index (χ0n) is 11.7. The van der Waals surface area contributed by atoms with E-state index in [1.807, 2.05) is 0 Å². The monoisotopic (exact) mass is 264 g/mol. The lowest BCUT2D eigenvalue weighted by Crippen LogP contribution is -2.47. The molecule has 99 valence electrons. The number of hydrogen-bond donors (Lipinski definition) is 0. The fraction of sp³-hybridized carbons (Fsp3) is 0.929. The molecule has 4 unspecified atom stereocenters. The van der Waals surface area contributed by atoms with E-state index in [2.05, 4.69) is 33.0 Å². The first kappa shape index (κ1) is 12.9. The highest BCUT2D eigenvalue weighted by Crippen LogP contribution is 2.60. The lowest BCUT2D eigenvalue weighted by Gasteiger charge is -2.51. The van der Waals surface area contributed by atoms with Gasteiger partial charge in [0.05, 0.1) is 0 Å². The Kier molecular flexibility index (Phi) is 3.20. The zero-order valence-corrected chi connectivity index (χ0v) is 12.5. The predicted octanol–water partition coefficient (Wildman–Crippen LogP) is 3.95. The molecule has 1 amide bonds. The van der Waals surface area contributed by atoms with Crippen LogP contribution in [0, 0.1) is 0 Å². The highest BCUT2D eigenvalue weighted by molar-refractivity contribution is 8.14. The summed E-state index contributed by atoms with van der Waals surface area (Å²) in [5, 5.41) is 1.40. The Morgan fingerprint density at radius 1 is 1.56 bits per heavy atom. The summed E-state index contributed by atoms with van der Waals surface area (Å²) in [6, 6.07) is 0.863. The van der Waals surface area contributed by atoms with E-state index in [0.29, 0.717) is 27.9 Å². The smallest absolute Gasteiger partial charge is 0.282 e. The van der Waals surface area contributed by atoms with Gasteiger partial charge >= 0.3 is 0 Å². The molecule has 1 saturated carbocycles. The van der Waals surface area contributed by atoms with Gasteiger partial charge in [0, 0.05) is 17.3 Å². The van der Waals surface area contributed by atoms with Gasteiger partial charge in [-0.1, -0.05) is 49.1 Å². The predicted molar refractivity (Wildman–Crippen MR) is 78.5 cm³/mol. The van der Waals surface area contributed by atoms with Crippen molar-refractivity contribution in [3.05, 3.63) is 0 Å². The van der Waals surface area contributed by atoms with Crippen molar-refractivity contribution in [2.75, 3.05) is 0 Å². The van der Waals surface area contributed by atoms with Gasteiger partial charge in [0.15, 0.2) is 0 Å². The molecule has 4 fully saturated rings. The highest BCUT2D eigenvalue weighted by atomic mass is 32.2. The van der Waals surface area contributed by atoms with Crippen molar-refractivity contribution in [3.8, 4) is 0 Å². The van der Waals surface area contributed by atoms with Crippen molar-refractivity contribution in [1.29, 1.82) is 0 Å². The van der Waals surface area contributed by atoms with Crippen LogP contribution in [0.15, 0.2) is 0 Å². The third-order valence-electron chi connectivity index (χ3n) is 5.24. The number of amides is 1. The first-order valence-electron chi connectivity index (χ1n) is 7.39. The number of hydrogen-bond acceptors (Lipinski definition) is 2. The standard InChI is InChI=1S/C14H23BNOS/c1-4-14-6-5-11-12(7-10(8-14)15-14)18-13(17)16(11)9(2)3/h9-12H,4-8H2,1-3H3. The molecule has 2 nitrogen and oxygen atoms in total. The average Bonchev–Trinajstić information content (AvgIpc) is 2.53. The Balaban J connectivity index is 1.78. The maximum atomic E-state index is 12.2. The van der Waals surface area contributed by atoms with Gasteiger partial charge in [-0.2, -0.15) is 0 Å². The Hall–Kier alpha value is -0.115. The van der Waals surface area contributed by atoms with Gasteiger partial charge in [-0.05, 0) is 26.7 Å². The van der Waals surface area contributed by atoms with Crippen molar-refractivity contribution in [2.45, 2.75) is 81.3 Å². The molecule has 0 aromatic carbocycles. The number of nitrogens with zero attached hydrogens (tertiary/aromatic N) is 1. The number of carbonyl (C=O) groups excluding carboxylic acids is 1. The minimum absolute atomic E-state index is 0.324. The summed E-state index contributed by atoms with van der Waals surface area (Å²) in [4.78, 5) is 14.3. The molecular formula is C14H23BNOS. The molecule has 4 heteroatoms. The average molecular weight is 264 g/mol. The van der Waals surface area contributed by atoms with Crippen LogP contribution in [-0.2, 0) is 0 Å². The van der Waals surface area contributed by atoms with Crippen LogP contribution in [0.2, 0.25) is 11.1 Å². The maximum Gasteiger partial charge on any atom is 0.282 e. The van der Waals surface area contributed by atoms with Gasteiger partial charge in [-0.15, -0.1) is 0 Å². The van der Waals surface area contributed by atoms with Crippen LogP contribution >= 0.6 is 11.8 Å². The van der Waals surface area contributed by atoms with Gasteiger partial charge in [-0.3, -0.25) is 4.79 Å². The summed E-state index contributed by atoms with van der Waals surface area (Å²) >= 11 is 1.61. The molecule has 4 rings (SSSR count). The topological polar surface area (TPSA) is 20.3 Å². The minimum Gasteiger partial charge on any atom is -0.327 e. The first-order valence-corrected chi connectivity index (χ1v) is 8.27. The van der Waals surface area contributed by atoms with Crippen LogP contribution in [0.5, 0.6) is 0 Å². The second kappa shape index (κ2) is 4.47. The molecule has 0 spiro atoms. The van der Waals surface area contributed by atoms with E-state index in [-0.39, 0.29) is 0 Å². The summed E-state index contributed by atoms with van der Waals surface area (Å²) in [7, 11) is 2.60. The Morgan fingerprint density at radius 2 is 2.28 bits per heavy atom.